The van der Waals surface area contributed by atoms with Crippen molar-refractivity contribution in [1.29, 1.82) is 0 Å². The Labute approximate surface area is 179 Å². The Balaban J connectivity index is 1.30. The van der Waals surface area contributed by atoms with Gasteiger partial charge < -0.3 is 10.2 Å². The summed E-state index contributed by atoms with van der Waals surface area (Å²) in [6.07, 6.45) is 8.43. The first-order chi connectivity index (χ1) is 14.7. The van der Waals surface area contributed by atoms with Gasteiger partial charge in [-0.3, -0.25) is 9.59 Å². The van der Waals surface area contributed by atoms with Crippen LogP contribution in [0.1, 0.15) is 48.9 Å². The predicted octanol–water partition coefficient (Wildman–Crippen LogP) is 4.82. The van der Waals surface area contributed by atoms with Gasteiger partial charge in [0.25, 0.3) is 5.91 Å². The van der Waals surface area contributed by atoms with Crippen LogP contribution in [0.15, 0.2) is 66.2 Å². The number of hydrogen-bond donors (Lipinski definition) is 1. The zero-order chi connectivity index (χ0) is 20.8. The highest BCUT2D eigenvalue weighted by Crippen LogP contribution is 2.23. The van der Waals surface area contributed by atoms with Gasteiger partial charge >= 0.3 is 0 Å². The molecule has 0 radical (unpaired) electrons. The van der Waals surface area contributed by atoms with Crippen molar-refractivity contribution in [1.82, 2.24) is 10.2 Å². The molecule has 2 amide bonds. The Morgan fingerprint density at radius 2 is 1.70 bits per heavy atom. The second-order valence-electron chi connectivity index (χ2n) is 8.39. The molecule has 30 heavy (non-hydrogen) atoms. The van der Waals surface area contributed by atoms with Gasteiger partial charge in [0.1, 0.15) is 0 Å². The quantitative estimate of drug-likeness (QED) is 0.779. The van der Waals surface area contributed by atoms with Crippen LogP contribution in [-0.2, 0) is 4.79 Å². The molecule has 2 aromatic rings. The van der Waals surface area contributed by atoms with Gasteiger partial charge in [-0.25, -0.2) is 0 Å². The lowest BCUT2D eigenvalue weighted by Crippen LogP contribution is -2.44. The van der Waals surface area contributed by atoms with E-state index in [1.54, 1.807) is 0 Å². The first-order valence-electron chi connectivity index (χ1n) is 11.1. The van der Waals surface area contributed by atoms with Crippen molar-refractivity contribution >= 4 is 11.8 Å². The van der Waals surface area contributed by atoms with Gasteiger partial charge in [0.15, 0.2) is 0 Å². The van der Waals surface area contributed by atoms with Crippen molar-refractivity contribution in [3.8, 4) is 11.1 Å². The maximum atomic E-state index is 12.8. The van der Waals surface area contributed by atoms with Crippen LogP contribution in [0, 0.1) is 5.92 Å². The number of likely N-dealkylation sites (tertiary alicyclic amines) is 1. The molecule has 2 aliphatic rings. The number of amides is 2. The number of carbonyl (C=O) groups is 2. The van der Waals surface area contributed by atoms with E-state index in [0.717, 1.165) is 61.9 Å². The molecule has 0 aromatic heterocycles. The van der Waals surface area contributed by atoms with E-state index in [0.29, 0.717) is 18.0 Å². The van der Waals surface area contributed by atoms with Crippen LogP contribution in [0.2, 0.25) is 0 Å². The highest BCUT2D eigenvalue weighted by molar-refractivity contribution is 5.95. The van der Waals surface area contributed by atoms with Gasteiger partial charge in [-0.15, -0.1) is 0 Å². The summed E-state index contributed by atoms with van der Waals surface area (Å²) in [5, 5.41) is 3.08. The number of carbonyl (C=O) groups excluding carboxylic acids is 2. The molecular weight excluding hydrogens is 372 g/mol. The largest absolute Gasteiger partial charge is 0.352 e. The third-order valence-electron chi connectivity index (χ3n) is 6.18. The third-order valence-corrected chi connectivity index (χ3v) is 6.18. The molecule has 1 fully saturated rings. The predicted molar refractivity (Wildman–Crippen MR) is 120 cm³/mol. The molecule has 156 valence electrons. The topological polar surface area (TPSA) is 49.4 Å². The van der Waals surface area contributed by atoms with Crippen molar-refractivity contribution in [3.63, 3.8) is 0 Å². The molecule has 1 aliphatic carbocycles. The number of nitrogens with one attached hydrogen (secondary N) is 1. The molecule has 1 atom stereocenters. The minimum atomic E-state index is -0.0481. The lowest BCUT2D eigenvalue weighted by molar-refractivity contribution is -0.129. The number of nitrogens with zero attached hydrogens (tertiary/aromatic N) is 1. The van der Waals surface area contributed by atoms with Crippen LogP contribution in [0.4, 0.5) is 0 Å². The monoisotopic (exact) mass is 402 g/mol. The minimum absolute atomic E-state index is 0.0481. The van der Waals surface area contributed by atoms with Crippen LogP contribution in [0.25, 0.3) is 11.1 Å². The normalized spacial score (nSPS) is 19.1. The van der Waals surface area contributed by atoms with Crippen LogP contribution < -0.4 is 5.32 Å². The summed E-state index contributed by atoms with van der Waals surface area (Å²) in [6.45, 7) is 2.19. The smallest absolute Gasteiger partial charge is 0.251 e. The molecule has 2 aromatic carbocycles. The third kappa shape index (κ3) is 4.99. The van der Waals surface area contributed by atoms with Crippen molar-refractivity contribution < 1.29 is 9.59 Å². The fourth-order valence-electron chi connectivity index (χ4n) is 4.44. The summed E-state index contributed by atoms with van der Waals surface area (Å²) in [5.74, 6) is 0.481. The molecule has 1 saturated heterocycles. The standard InChI is InChI=1S/C26H30N2O2/c29-25(23-15-13-22(14-16-23)21-9-3-1-4-10-21)27-18-20-8-7-17-28(19-20)26(30)24-11-5-2-6-12-24/h1,3-4,9-11,13-16,20H,2,5-8,12,17-19H2,(H,27,29)/t20-/m0/s1. The summed E-state index contributed by atoms with van der Waals surface area (Å²) in [6, 6.07) is 17.9. The summed E-state index contributed by atoms with van der Waals surface area (Å²) in [5.41, 5.74) is 3.91. The van der Waals surface area contributed by atoms with Crippen LogP contribution >= 0.6 is 0 Å². The average Bonchev–Trinajstić information content (AvgIpc) is 2.83. The Kier molecular flexibility index (Phi) is 6.63. The Hall–Kier alpha value is -2.88. The molecule has 0 unspecified atom stereocenters. The lowest BCUT2D eigenvalue weighted by Gasteiger charge is -2.34. The van der Waals surface area contributed by atoms with Gasteiger partial charge in [-0.1, -0.05) is 48.5 Å². The van der Waals surface area contributed by atoms with Gasteiger partial charge in [0.05, 0.1) is 0 Å². The molecule has 0 spiro atoms. The molecule has 1 heterocycles. The maximum absolute atomic E-state index is 12.8. The number of hydrogen-bond acceptors (Lipinski definition) is 2. The van der Waals surface area contributed by atoms with Gasteiger partial charge in [-0.2, -0.15) is 0 Å². The van der Waals surface area contributed by atoms with E-state index < -0.39 is 0 Å². The summed E-state index contributed by atoms with van der Waals surface area (Å²) in [7, 11) is 0. The molecule has 4 rings (SSSR count). The second kappa shape index (κ2) is 9.75. The van der Waals surface area contributed by atoms with E-state index in [1.165, 1.54) is 6.42 Å². The molecule has 4 heteroatoms. The van der Waals surface area contributed by atoms with E-state index in [9.17, 15) is 9.59 Å². The highest BCUT2D eigenvalue weighted by Gasteiger charge is 2.26. The number of piperidine rings is 1. The van der Waals surface area contributed by atoms with E-state index in [4.69, 9.17) is 0 Å². The Bertz CT molecular complexity index is 902. The number of rotatable bonds is 5. The summed E-state index contributed by atoms with van der Waals surface area (Å²) in [4.78, 5) is 27.4. The summed E-state index contributed by atoms with van der Waals surface area (Å²) >= 11 is 0. The molecule has 0 saturated carbocycles. The van der Waals surface area contributed by atoms with Crippen molar-refractivity contribution in [2.75, 3.05) is 19.6 Å². The highest BCUT2D eigenvalue weighted by atomic mass is 16.2. The minimum Gasteiger partial charge on any atom is -0.352 e. The molecule has 0 bridgehead atoms. The maximum Gasteiger partial charge on any atom is 0.251 e. The first kappa shape index (κ1) is 20.4. The van der Waals surface area contributed by atoms with E-state index >= 15 is 0 Å². The Morgan fingerprint density at radius 3 is 2.43 bits per heavy atom. The average molecular weight is 403 g/mol. The molecule has 4 nitrogen and oxygen atoms in total. The fourth-order valence-corrected chi connectivity index (χ4v) is 4.44. The van der Waals surface area contributed by atoms with E-state index in [1.807, 2.05) is 47.4 Å². The lowest BCUT2D eigenvalue weighted by atomic mass is 9.94. The Morgan fingerprint density at radius 1 is 0.933 bits per heavy atom. The first-order valence-corrected chi connectivity index (χ1v) is 11.1. The van der Waals surface area contributed by atoms with Crippen LogP contribution in [0.5, 0.6) is 0 Å². The molecule has 1 N–H and O–H groups in total. The van der Waals surface area contributed by atoms with E-state index in [-0.39, 0.29) is 11.8 Å². The van der Waals surface area contributed by atoms with Crippen molar-refractivity contribution in [2.24, 2.45) is 5.92 Å². The van der Waals surface area contributed by atoms with Crippen LogP contribution in [-0.4, -0.2) is 36.3 Å². The SMILES string of the molecule is O=C(NC[C@@H]1CCCN(C(=O)C2=CCCCC2)C1)c1ccc(-c2ccccc2)cc1. The molecule has 1 aliphatic heterocycles. The molecular formula is C26H30N2O2. The van der Waals surface area contributed by atoms with E-state index in [2.05, 4.69) is 23.5 Å². The number of benzene rings is 2. The summed E-state index contributed by atoms with van der Waals surface area (Å²) < 4.78 is 0. The van der Waals surface area contributed by atoms with Crippen molar-refractivity contribution in [2.45, 2.75) is 38.5 Å². The van der Waals surface area contributed by atoms with Gasteiger partial charge in [-0.05, 0) is 67.7 Å². The van der Waals surface area contributed by atoms with Crippen molar-refractivity contribution in [3.05, 3.63) is 71.8 Å². The second-order valence-corrected chi connectivity index (χ2v) is 8.39. The zero-order valence-corrected chi connectivity index (χ0v) is 17.5. The number of allylic oxidation sites excluding steroid dienone is 1. The van der Waals surface area contributed by atoms with Gasteiger partial charge in [0, 0.05) is 30.8 Å². The fraction of sp³-hybridized carbons (Fsp3) is 0.385. The zero-order valence-electron chi connectivity index (χ0n) is 17.5. The van der Waals surface area contributed by atoms with Gasteiger partial charge in [0.2, 0.25) is 5.91 Å². The van der Waals surface area contributed by atoms with Crippen LogP contribution in [0.3, 0.4) is 0 Å².